The van der Waals surface area contributed by atoms with Crippen molar-refractivity contribution in [1.82, 2.24) is 9.80 Å². The number of hydrogen-bond donors (Lipinski definition) is 1. The molecule has 1 N–H and O–H groups in total. The second kappa shape index (κ2) is 8.71. The molecule has 2 heterocycles. The molecule has 0 spiro atoms. The van der Waals surface area contributed by atoms with E-state index < -0.39 is 18.0 Å². The monoisotopic (exact) mass is 376 g/mol. The molecular formula is C20H28N2O5. The predicted octanol–water partition coefficient (Wildman–Crippen LogP) is 2.21. The second-order valence-corrected chi connectivity index (χ2v) is 7.58. The molecule has 0 aromatic heterocycles. The highest BCUT2D eigenvalue weighted by atomic mass is 16.6. The molecule has 1 aromatic rings. The minimum Gasteiger partial charge on any atom is -0.481 e. The summed E-state index contributed by atoms with van der Waals surface area (Å²) < 4.78 is 11.2. The van der Waals surface area contributed by atoms with Crippen LogP contribution in [-0.2, 0) is 20.9 Å². The van der Waals surface area contributed by atoms with Crippen molar-refractivity contribution < 1.29 is 24.2 Å². The van der Waals surface area contributed by atoms with Crippen molar-refractivity contribution in [3.05, 3.63) is 35.9 Å². The lowest BCUT2D eigenvalue weighted by atomic mass is 9.92. The Bertz CT molecular complexity index is 643. The van der Waals surface area contributed by atoms with Gasteiger partial charge >= 0.3 is 12.1 Å². The molecule has 2 unspecified atom stereocenters. The van der Waals surface area contributed by atoms with Gasteiger partial charge in [-0.05, 0) is 25.8 Å². The van der Waals surface area contributed by atoms with E-state index in [9.17, 15) is 14.7 Å². The van der Waals surface area contributed by atoms with Gasteiger partial charge in [-0.15, -0.1) is 0 Å². The zero-order valence-corrected chi connectivity index (χ0v) is 15.9. The van der Waals surface area contributed by atoms with Crippen LogP contribution in [0.1, 0.15) is 25.8 Å². The fourth-order valence-electron chi connectivity index (χ4n) is 3.99. The standard InChI is InChI=1S/C20H28N2O5/c1-14-9-21(10-15(2)27-14)18-8-17(19(23)24)11-22(12-18)20(25)26-13-16-6-4-3-5-7-16/h3-7,14-15,17-18H,8-13H2,1-2H3,(H,23,24)/t14-,15+,17?,18?. The lowest BCUT2D eigenvalue weighted by Gasteiger charge is -2.45. The fourth-order valence-corrected chi connectivity index (χ4v) is 3.99. The number of aliphatic carboxylic acids is 1. The topological polar surface area (TPSA) is 79.3 Å². The van der Waals surface area contributed by atoms with Gasteiger partial charge in [0.05, 0.1) is 18.1 Å². The van der Waals surface area contributed by atoms with Crippen molar-refractivity contribution in [2.24, 2.45) is 5.92 Å². The number of carbonyl (C=O) groups excluding carboxylic acids is 1. The number of likely N-dealkylation sites (tertiary alicyclic amines) is 1. The molecule has 2 fully saturated rings. The summed E-state index contributed by atoms with van der Waals surface area (Å²) in [6.45, 7) is 6.39. The smallest absolute Gasteiger partial charge is 0.410 e. The summed E-state index contributed by atoms with van der Waals surface area (Å²) in [7, 11) is 0. The van der Waals surface area contributed by atoms with Gasteiger partial charge in [0.2, 0.25) is 0 Å². The van der Waals surface area contributed by atoms with E-state index >= 15 is 0 Å². The van der Waals surface area contributed by atoms with Crippen LogP contribution in [0.15, 0.2) is 30.3 Å². The van der Waals surface area contributed by atoms with E-state index in [2.05, 4.69) is 4.90 Å². The summed E-state index contributed by atoms with van der Waals surface area (Å²) in [6.07, 6.45) is 0.274. The maximum Gasteiger partial charge on any atom is 0.410 e. The SMILES string of the molecule is C[C@@H]1CN(C2CC(C(=O)O)CN(C(=O)OCc3ccccc3)C2)C[C@H](C)O1. The van der Waals surface area contributed by atoms with Crippen molar-refractivity contribution in [2.45, 2.75) is 45.1 Å². The van der Waals surface area contributed by atoms with Crippen LogP contribution < -0.4 is 0 Å². The zero-order chi connectivity index (χ0) is 19.4. The van der Waals surface area contributed by atoms with Gasteiger partial charge in [0.15, 0.2) is 0 Å². The molecule has 4 atom stereocenters. The van der Waals surface area contributed by atoms with Crippen molar-refractivity contribution in [3.63, 3.8) is 0 Å². The predicted molar refractivity (Wildman–Crippen MR) is 99.3 cm³/mol. The van der Waals surface area contributed by atoms with E-state index in [-0.39, 0.29) is 31.4 Å². The molecule has 27 heavy (non-hydrogen) atoms. The van der Waals surface area contributed by atoms with Crippen LogP contribution in [0, 0.1) is 5.92 Å². The van der Waals surface area contributed by atoms with Crippen LogP contribution in [0.5, 0.6) is 0 Å². The molecule has 0 bridgehead atoms. The first-order valence-corrected chi connectivity index (χ1v) is 9.50. The number of rotatable bonds is 4. The molecule has 7 heteroatoms. The van der Waals surface area contributed by atoms with Crippen molar-refractivity contribution in [1.29, 1.82) is 0 Å². The van der Waals surface area contributed by atoms with E-state index in [4.69, 9.17) is 9.47 Å². The van der Waals surface area contributed by atoms with Gasteiger partial charge in [-0.1, -0.05) is 30.3 Å². The molecule has 0 saturated carbocycles. The Morgan fingerprint density at radius 1 is 1.11 bits per heavy atom. The van der Waals surface area contributed by atoms with Gasteiger partial charge in [-0.25, -0.2) is 4.79 Å². The molecular weight excluding hydrogens is 348 g/mol. The average molecular weight is 376 g/mol. The normalized spacial score (nSPS) is 29.3. The van der Waals surface area contributed by atoms with Gasteiger partial charge in [-0.3, -0.25) is 9.69 Å². The number of amides is 1. The summed E-state index contributed by atoms with van der Waals surface area (Å²) in [5.41, 5.74) is 0.907. The van der Waals surface area contributed by atoms with Crippen LogP contribution in [0.4, 0.5) is 4.79 Å². The third-order valence-corrected chi connectivity index (χ3v) is 5.21. The second-order valence-electron chi connectivity index (χ2n) is 7.58. The average Bonchev–Trinajstić information content (AvgIpc) is 2.65. The Morgan fingerprint density at radius 3 is 2.41 bits per heavy atom. The third kappa shape index (κ3) is 5.20. The first-order valence-electron chi connectivity index (χ1n) is 9.50. The first kappa shape index (κ1) is 19.6. The Hall–Kier alpha value is -2.12. The minimum atomic E-state index is -0.866. The summed E-state index contributed by atoms with van der Waals surface area (Å²) in [5, 5.41) is 9.54. The lowest BCUT2D eigenvalue weighted by Crippen LogP contribution is -2.58. The Labute approximate surface area is 159 Å². The number of carboxylic acid groups (broad SMARTS) is 1. The third-order valence-electron chi connectivity index (χ3n) is 5.21. The highest BCUT2D eigenvalue weighted by Crippen LogP contribution is 2.25. The number of carboxylic acids is 1. The number of nitrogens with zero attached hydrogens (tertiary/aromatic N) is 2. The Kier molecular flexibility index (Phi) is 6.34. The van der Waals surface area contributed by atoms with Gasteiger partial charge in [-0.2, -0.15) is 0 Å². The highest BCUT2D eigenvalue weighted by Gasteiger charge is 2.39. The highest BCUT2D eigenvalue weighted by molar-refractivity contribution is 5.73. The first-order chi connectivity index (χ1) is 12.9. The number of piperidine rings is 1. The maximum atomic E-state index is 12.6. The van der Waals surface area contributed by atoms with Crippen LogP contribution in [-0.4, -0.2) is 71.4 Å². The van der Waals surface area contributed by atoms with Gasteiger partial charge in [0.1, 0.15) is 6.61 Å². The molecule has 3 rings (SSSR count). The molecule has 148 valence electrons. The number of carbonyl (C=O) groups is 2. The number of hydrogen-bond acceptors (Lipinski definition) is 5. The van der Waals surface area contributed by atoms with Crippen molar-refractivity contribution in [3.8, 4) is 0 Å². The van der Waals surface area contributed by atoms with Crippen LogP contribution in [0.25, 0.3) is 0 Å². The number of morpholine rings is 1. The lowest BCUT2D eigenvalue weighted by molar-refractivity contribution is -0.145. The fraction of sp³-hybridized carbons (Fsp3) is 0.600. The molecule has 2 saturated heterocycles. The van der Waals surface area contributed by atoms with E-state index in [0.717, 1.165) is 18.7 Å². The number of ether oxygens (including phenoxy) is 2. The van der Waals surface area contributed by atoms with Crippen LogP contribution in [0.2, 0.25) is 0 Å². The molecule has 7 nitrogen and oxygen atoms in total. The Balaban J connectivity index is 1.65. The van der Waals surface area contributed by atoms with E-state index in [0.29, 0.717) is 13.0 Å². The molecule has 0 aliphatic carbocycles. The van der Waals surface area contributed by atoms with E-state index in [1.54, 1.807) is 4.90 Å². The van der Waals surface area contributed by atoms with E-state index in [1.165, 1.54) is 0 Å². The molecule has 1 aromatic carbocycles. The largest absolute Gasteiger partial charge is 0.481 e. The van der Waals surface area contributed by atoms with Crippen molar-refractivity contribution >= 4 is 12.1 Å². The zero-order valence-electron chi connectivity index (χ0n) is 15.9. The quantitative estimate of drug-likeness (QED) is 0.868. The molecule has 0 radical (unpaired) electrons. The summed E-state index contributed by atoms with van der Waals surface area (Å²) in [6, 6.07) is 9.47. The van der Waals surface area contributed by atoms with E-state index in [1.807, 2.05) is 44.2 Å². The molecule has 1 amide bonds. The minimum absolute atomic E-state index is 0.00192. The maximum absolute atomic E-state index is 12.6. The summed E-state index contributed by atoms with van der Waals surface area (Å²) in [4.78, 5) is 28.0. The Morgan fingerprint density at radius 2 is 1.78 bits per heavy atom. The molecule has 2 aliphatic rings. The van der Waals surface area contributed by atoms with Crippen LogP contribution in [0.3, 0.4) is 0 Å². The summed E-state index contributed by atoms with van der Waals surface area (Å²) in [5.74, 6) is -1.45. The molecule has 2 aliphatic heterocycles. The van der Waals surface area contributed by atoms with Crippen molar-refractivity contribution in [2.75, 3.05) is 26.2 Å². The summed E-state index contributed by atoms with van der Waals surface area (Å²) >= 11 is 0. The van der Waals surface area contributed by atoms with Crippen LogP contribution >= 0.6 is 0 Å². The van der Waals surface area contributed by atoms with Gasteiger partial charge in [0, 0.05) is 32.2 Å². The van der Waals surface area contributed by atoms with Gasteiger partial charge < -0.3 is 19.5 Å². The number of benzene rings is 1. The van der Waals surface area contributed by atoms with Gasteiger partial charge in [0.25, 0.3) is 0 Å².